The molecular formula is C35H50N4O8. The number of hydrogen-bond donors (Lipinski definition) is 2. The first-order chi connectivity index (χ1) is 22.0. The van der Waals surface area contributed by atoms with Crippen molar-refractivity contribution in [1.82, 2.24) is 4.98 Å². The number of anilines is 1. The summed E-state index contributed by atoms with van der Waals surface area (Å²) < 4.78 is 18.9. The summed E-state index contributed by atoms with van der Waals surface area (Å²) in [6.45, 7) is 15.4. The Morgan fingerprint density at radius 2 is 1.85 bits per heavy atom. The van der Waals surface area contributed by atoms with E-state index in [1.165, 1.54) is 20.8 Å². The van der Waals surface area contributed by atoms with E-state index in [9.17, 15) is 19.5 Å². The van der Waals surface area contributed by atoms with Gasteiger partial charge in [-0.15, -0.1) is 0 Å². The second kappa shape index (κ2) is 16.0. The molecule has 258 valence electrons. The molecule has 2 aliphatic heterocycles. The Hall–Kier alpha value is -3.66. The van der Waals surface area contributed by atoms with Crippen LogP contribution < -0.4 is 5.73 Å². The Morgan fingerprint density at radius 3 is 2.49 bits per heavy atom. The lowest BCUT2D eigenvalue weighted by Gasteiger charge is -2.44. The Bertz CT molecular complexity index is 1430. The number of ether oxygens (including phenoxy) is 3. The quantitative estimate of drug-likeness (QED) is 0.161. The fourth-order valence-corrected chi connectivity index (χ4v) is 6.56. The average molecular weight is 655 g/mol. The molecular weight excluding hydrogens is 604 g/mol. The number of esters is 1. The first-order valence-electron chi connectivity index (χ1n) is 16.2. The molecule has 1 aromatic heterocycles. The molecule has 0 saturated carbocycles. The third-order valence-electron chi connectivity index (χ3n) is 9.54. The lowest BCUT2D eigenvalue weighted by atomic mass is 9.70. The van der Waals surface area contributed by atoms with Gasteiger partial charge in [0.2, 0.25) is 5.91 Å². The maximum atomic E-state index is 13.7. The van der Waals surface area contributed by atoms with E-state index in [1.807, 2.05) is 27.7 Å². The molecule has 2 fully saturated rings. The van der Waals surface area contributed by atoms with Gasteiger partial charge in [-0.05, 0) is 63.5 Å². The van der Waals surface area contributed by atoms with Gasteiger partial charge >= 0.3 is 5.97 Å². The van der Waals surface area contributed by atoms with Gasteiger partial charge in [0.15, 0.2) is 6.61 Å². The number of carbonyl (C=O) groups is 3. The molecule has 12 nitrogen and oxygen atoms in total. The average Bonchev–Trinajstić information content (AvgIpc) is 3.03. The van der Waals surface area contributed by atoms with Crippen LogP contribution in [0.2, 0.25) is 0 Å². The number of pyridine rings is 1. The molecule has 0 spiro atoms. The largest absolute Gasteiger partial charge is 0.459 e. The summed E-state index contributed by atoms with van der Waals surface area (Å²) in [5, 5.41) is 16.4. The molecule has 9 atom stereocenters. The lowest BCUT2D eigenvalue weighted by molar-refractivity contribution is -0.192. The summed E-state index contributed by atoms with van der Waals surface area (Å²) in [4.78, 5) is 53.6. The van der Waals surface area contributed by atoms with Gasteiger partial charge in [-0.1, -0.05) is 51.8 Å². The van der Waals surface area contributed by atoms with E-state index >= 15 is 0 Å². The van der Waals surface area contributed by atoms with Gasteiger partial charge in [0.1, 0.15) is 40.6 Å². The number of nitrogens with zero attached hydrogens (tertiary/aromatic N) is 3. The van der Waals surface area contributed by atoms with Crippen LogP contribution in [0.15, 0.2) is 28.3 Å². The molecule has 1 aromatic rings. The van der Waals surface area contributed by atoms with Crippen molar-refractivity contribution < 1.29 is 38.5 Å². The van der Waals surface area contributed by atoms with E-state index in [1.54, 1.807) is 32.0 Å². The summed E-state index contributed by atoms with van der Waals surface area (Å²) in [5.74, 6) is 1.69. The van der Waals surface area contributed by atoms with Gasteiger partial charge in [0.05, 0.1) is 24.9 Å². The minimum absolute atomic E-state index is 0.0245. The number of aliphatic hydroxyl groups is 1. The number of amides is 1. The highest BCUT2D eigenvalue weighted by molar-refractivity contribution is 6.00. The van der Waals surface area contributed by atoms with Crippen LogP contribution in [0.1, 0.15) is 80.8 Å². The van der Waals surface area contributed by atoms with Gasteiger partial charge in [-0.3, -0.25) is 14.4 Å². The van der Waals surface area contributed by atoms with E-state index in [0.29, 0.717) is 29.4 Å². The Labute approximate surface area is 277 Å². The Kier molecular flexibility index (Phi) is 12.8. The predicted octanol–water partition coefficient (Wildman–Crippen LogP) is 3.78. The summed E-state index contributed by atoms with van der Waals surface area (Å²) in [5.41, 5.74) is 4.38. The zero-order valence-corrected chi connectivity index (χ0v) is 29.0. The first-order valence-corrected chi connectivity index (χ1v) is 16.2. The number of aromatic nitrogens is 1. The van der Waals surface area contributed by atoms with Crippen LogP contribution in [0.25, 0.3) is 0 Å². The van der Waals surface area contributed by atoms with Gasteiger partial charge in [0, 0.05) is 24.5 Å². The third kappa shape index (κ3) is 9.24. The topological polar surface area (TPSA) is 172 Å². The molecule has 0 radical (unpaired) electrons. The van der Waals surface area contributed by atoms with Crippen molar-refractivity contribution in [2.45, 2.75) is 98.6 Å². The monoisotopic (exact) mass is 654 g/mol. The number of rotatable bonds is 3. The summed E-state index contributed by atoms with van der Waals surface area (Å²) in [6, 6.07) is 5.15. The highest BCUT2D eigenvalue weighted by Crippen LogP contribution is 2.39. The van der Waals surface area contributed by atoms with Crippen LogP contribution in [0.3, 0.4) is 0 Å². The molecule has 0 aliphatic carbocycles. The van der Waals surface area contributed by atoms with Crippen LogP contribution in [0.4, 0.5) is 5.82 Å². The van der Waals surface area contributed by atoms with Crippen LogP contribution in [-0.4, -0.2) is 82.4 Å². The van der Waals surface area contributed by atoms with Gasteiger partial charge < -0.3 is 29.9 Å². The SMILES string of the molecule is CC[C@H]1OC(=O)[C@H](C)C(=O)[C@H](C)[C@@H](C)[C@@]2(C)C[C@@H](C)C(=NC(C)=O)[C@H](C)[C@@H](OC/C(=N\OCC#Cc3cccc(N)n3)CO2)[C@]1(C)O. The van der Waals surface area contributed by atoms with Crippen LogP contribution >= 0.6 is 0 Å². The van der Waals surface area contributed by atoms with Crippen molar-refractivity contribution >= 4 is 34.9 Å². The summed E-state index contributed by atoms with van der Waals surface area (Å²) in [7, 11) is 0. The van der Waals surface area contributed by atoms with Gasteiger partial charge in [-0.2, -0.15) is 0 Å². The van der Waals surface area contributed by atoms with Crippen molar-refractivity contribution in [3.63, 3.8) is 0 Å². The van der Waals surface area contributed by atoms with E-state index in [0.717, 1.165) is 0 Å². The smallest absolute Gasteiger partial charge is 0.316 e. The number of hydrogen-bond acceptors (Lipinski definition) is 11. The van der Waals surface area contributed by atoms with Crippen LogP contribution in [-0.2, 0) is 33.4 Å². The van der Waals surface area contributed by atoms with Crippen molar-refractivity contribution in [2.24, 2.45) is 39.7 Å². The normalized spacial score (nSPS) is 35.9. The molecule has 1 amide bonds. The van der Waals surface area contributed by atoms with Crippen molar-refractivity contribution in [1.29, 1.82) is 0 Å². The molecule has 3 N–H and O–H groups in total. The molecule has 3 heterocycles. The second-order valence-corrected chi connectivity index (χ2v) is 13.2. The van der Waals surface area contributed by atoms with Gasteiger partial charge in [0.25, 0.3) is 0 Å². The van der Waals surface area contributed by atoms with Crippen LogP contribution in [0.5, 0.6) is 0 Å². The zero-order valence-electron chi connectivity index (χ0n) is 29.0. The fraction of sp³-hybridized carbons (Fsp3) is 0.657. The van der Waals surface area contributed by atoms with Gasteiger partial charge in [-0.25, -0.2) is 9.98 Å². The van der Waals surface area contributed by atoms with Crippen molar-refractivity contribution in [3.05, 3.63) is 23.9 Å². The highest BCUT2D eigenvalue weighted by atomic mass is 16.6. The van der Waals surface area contributed by atoms with Crippen molar-refractivity contribution in [3.8, 4) is 11.8 Å². The van der Waals surface area contributed by atoms with E-state index < -0.39 is 53.0 Å². The number of oxime groups is 1. The van der Waals surface area contributed by atoms with E-state index in [2.05, 4.69) is 27.0 Å². The first kappa shape index (κ1) is 37.8. The lowest BCUT2D eigenvalue weighted by Crippen LogP contribution is -2.57. The number of ketones is 1. The molecule has 3 rings (SSSR count). The molecule has 47 heavy (non-hydrogen) atoms. The Balaban J connectivity index is 2.15. The van der Waals surface area contributed by atoms with Crippen molar-refractivity contribution in [2.75, 3.05) is 25.6 Å². The number of nitrogens with two attached hydrogens (primary N) is 1. The fourth-order valence-electron chi connectivity index (χ4n) is 6.56. The maximum absolute atomic E-state index is 13.7. The minimum Gasteiger partial charge on any atom is -0.459 e. The maximum Gasteiger partial charge on any atom is 0.316 e. The number of nitrogen functional groups attached to an aromatic ring is 1. The predicted molar refractivity (Wildman–Crippen MR) is 177 cm³/mol. The molecule has 12 heteroatoms. The third-order valence-corrected chi connectivity index (χ3v) is 9.54. The summed E-state index contributed by atoms with van der Waals surface area (Å²) in [6.07, 6.45) is -1.45. The number of carbonyl (C=O) groups excluding carboxylic acids is 3. The molecule has 2 aliphatic rings. The number of cyclic esters (lactones) is 1. The Morgan fingerprint density at radius 1 is 1.15 bits per heavy atom. The second-order valence-electron chi connectivity index (χ2n) is 13.2. The van der Waals surface area contributed by atoms with E-state index in [-0.39, 0.29) is 43.9 Å². The standard InChI is InChI=1S/C35H50N4O8/c1-10-28-35(9,43)32-22(4)30(37-25(7)40)20(2)17-34(8,24(6)21(3)31(41)23(5)33(42)47-28)45-19-27(18-44-32)39-46-16-12-14-26-13-11-15-29(36)38-26/h11,13,15,20-24,28,32,43H,10,16-19H2,1-9H3,(H2,36,38)/b37-30?,39-27+/t20-,21-,22+,23-,24-,28-,32-,34-,35-/m1/s1. The molecule has 2 bridgehead atoms. The molecule has 2 saturated heterocycles. The number of fused-ring (bicyclic) bond motifs is 5. The zero-order chi connectivity index (χ0) is 35.1. The molecule has 0 unspecified atom stereocenters. The van der Waals surface area contributed by atoms with Crippen LogP contribution in [0, 0.1) is 41.4 Å². The van der Waals surface area contributed by atoms with E-state index in [4.69, 9.17) is 24.8 Å². The summed E-state index contributed by atoms with van der Waals surface area (Å²) >= 11 is 0. The highest BCUT2D eigenvalue weighted by Gasteiger charge is 2.50. The minimum atomic E-state index is -1.77. The number of Topliss-reactive ketones (excluding diaryl/α,β-unsaturated/α-hetero) is 1. The molecule has 0 aromatic carbocycles. The number of aliphatic imine (C=N–C) groups is 1.